The van der Waals surface area contributed by atoms with Crippen molar-refractivity contribution in [1.29, 1.82) is 5.26 Å². The summed E-state index contributed by atoms with van der Waals surface area (Å²) < 4.78 is 1.97. The van der Waals surface area contributed by atoms with Gasteiger partial charge in [-0.2, -0.15) is 10.4 Å². The highest BCUT2D eigenvalue weighted by atomic mass is 16.2. The number of piperidine rings is 1. The Balaban J connectivity index is 1.58. The number of hydrogen-bond donors (Lipinski definition) is 0. The number of aryl methyl sites for hydroxylation is 3. The third kappa shape index (κ3) is 4.05. The quantitative estimate of drug-likeness (QED) is 0.859. The van der Waals surface area contributed by atoms with Gasteiger partial charge in [0.05, 0.1) is 17.7 Å². The summed E-state index contributed by atoms with van der Waals surface area (Å²) in [4.78, 5) is 18.9. The molecule has 0 radical (unpaired) electrons. The van der Waals surface area contributed by atoms with Crippen LogP contribution in [0.1, 0.15) is 48.1 Å². The zero-order valence-corrected chi connectivity index (χ0v) is 14.8. The summed E-state index contributed by atoms with van der Waals surface area (Å²) in [6.45, 7) is 5.38. The van der Waals surface area contributed by atoms with Gasteiger partial charge in [-0.05, 0) is 50.8 Å². The molecule has 0 N–H and O–H groups in total. The molecule has 6 nitrogen and oxygen atoms in total. The summed E-state index contributed by atoms with van der Waals surface area (Å²) in [5, 5.41) is 13.3. The van der Waals surface area contributed by atoms with Gasteiger partial charge in [0.1, 0.15) is 11.6 Å². The molecule has 1 aliphatic heterocycles. The van der Waals surface area contributed by atoms with Crippen LogP contribution in [0.2, 0.25) is 0 Å². The van der Waals surface area contributed by atoms with Gasteiger partial charge < -0.3 is 4.90 Å². The highest BCUT2D eigenvalue weighted by Crippen LogP contribution is 2.23. The molecule has 1 amide bonds. The van der Waals surface area contributed by atoms with Crippen LogP contribution in [0.25, 0.3) is 0 Å². The van der Waals surface area contributed by atoms with Crippen molar-refractivity contribution >= 4 is 5.91 Å². The van der Waals surface area contributed by atoms with Gasteiger partial charge in [-0.3, -0.25) is 4.79 Å². The van der Waals surface area contributed by atoms with Crippen LogP contribution in [-0.2, 0) is 11.2 Å². The molecule has 0 spiro atoms. The van der Waals surface area contributed by atoms with Crippen molar-refractivity contribution in [2.75, 3.05) is 13.1 Å². The maximum Gasteiger partial charge on any atom is 0.222 e. The van der Waals surface area contributed by atoms with Crippen LogP contribution in [0.5, 0.6) is 0 Å². The van der Waals surface area contributed by atoms with Crippen molar-refractivity contribution in [2.24, 2.45) is 0 Å². The molecule has 25 heavy (non-hydrogen) atoms. The number of nitrogens with zero attached hydrogens (tertiary/aromatic N) is 5. The van der Waals surface area contributed by atoms with E-state index in [2.05, 4.69) is 16.2 Å². The fourth-order valence-electron chi connectivity index (χ4n) is 3.42. The van der Waals surface area contributed by atoms with Gasteiger partial charge >= 0.3 is 0 Å². The van der Waals surface area contributed by atoms with Gasteiger partial charge in [0, 0.05) is 19.5 Å². The van der Waals surface area contributed by atoms with Crippen molar-refractivity contribution in [3.63, 3.8) is 0 Å². The molecule has 1 aliphatic rings. The standard InChI is InChI=1S/C19H23N5O/c1-14-21-15(2)24(22-14)18-4-3-11-23(13-18)19(25)10-9-16-5-7-17(12-20)8-6-16/h5-8,18H,3-4,9-11,13H2,1-2H3/t18-/m0/s1. The molecule has 1 saturated heterocycles. The molecule has 0 unspecified atom stereocenters. The molecule has 1 aromatic carbocycles. The Labute approximate surface area is 148 Å². The molecule has 1 fully saturated rings. The molecule has 0 saturated carbocycles. The van der Waals surface area contributed by atoms with Gasteiger partial charge in [-0.25, -0.2) is 9.67 Å². The summed E-state index contributed by atoms with van der Waals surface area (Å²) in [5.41, 5.74) is 1.73. The van der Waals surface area contributed by atoms with Crippen LogP contribution in [0.3, 0.4) is 0 Å². The molecule has 0 bridgehead atoms. The minimum atomic E-state index is 0.184. The number of rotatable bonds is 4. The number of hydrogen-bond acceptors (Lipinski definition) is 4. The second kappa shape index (κ2) is 7.47. The molecule has 1 aromatic heterocycles. The lowest BCUT2D eigenvalue weighted by Gasteiger charge is -2.33. The maximum atomic E-state index is 12.6. The van der Waals surface area contributed by atoms with Crippen LogP contribution >= 0.6 is 0 Å². The minimum absolute atomic E-state index is 0.184. The normalized spacial score (nSPS) is 17.3. The number of amides is 1. The molecule has 3 rings (SSSR count). The average molecular weight is 337 g/mol. The first kappa shape index (κ1) is 17.2. The third-order valence-electron chi connectivity index (χ3n) is 4.71. The second-order valence-electron chi connectivity index (χ2n) is 6.60. The predicted octanol–water partition coefficient (Wildman–Crippen LogP) is 2.56. The number of carbonyl (C=O) groups is 1. The maximum absolute atomic E-state index is 12.6. The SMILES string of the molecule is Cc1nc(C)n([C@H]2CCCN(C(=O)CCc3ccc(C#N)cc3)C2)n1. The molecule has 2 heterocycles. The Morgan fingerprint density at radius 1 is 1.32 bits per heavy atom. The van der Waals surface area contributed by atoms with E-state index >= 15 is 0 Å². The van der Waals surface area contributed by atoms with Gasteiger partial charge in [0.2, 0.25) is 5.91 Å². The van der Waals surface area contributed by atoms with Crippen molar-refractivity contribution in [3.05, 3.63) is 47.0 Å². The summed E-state index contributed by atoms with van der Waals surface area (Å²) in [5.74, 6) is 1.87. The number of nitriles is 1. The van der Waals surface area contributed by atoms with Gasteiger partial charge in [0.25, 0.3) is 0 Å². The van der Waals surface area contributed by atoms with E-state index in [-0.39, 0.29) is 11.9 Å². The van der Waals surface area contributed by atoms with Gasteiger partial charge in [-0.15, -0.1) is 0 Å². The second-order valence-corrected chi connectivity index (χ2v) is 6.60. The van der Waals surface area contributed by atoms with Crippen LogP contribution in [0, 0.1) is 25.2 Å². The molecule has 2 aromatic rings. The Morgan fingerprint density at radius 2 is 2.08 bits per heavy atom. The van der Waals surface area contributed by atoms with Crippen LogP contribution in [0.15, 0.2) is 24.3 Å². The summed E-state index contributed by atoms with van der Waals surface area (Å²) in [6.07, 6.45) is 3.22. The van der Waals surface area contributed by atoms with Gasteiger partial charge in [-0.1, -0.05) is 12.1 Å². The highest BCUT2D eigenvalue weighted by Gasteiger charge is 2.26. The lowest BCUT2D eigenvalue weighted by Crippen LogP contribution is -2.41. The molecule has 130 valence electrons. The van der Waals surface area contributed by atoms with E-state index in [4.69, 9.17) is 5.26 Å². The monoisotopic (exact) mass is 337 g/mol. The smallest absolute Gasteiger partial charge is 0.222 e. The largest absolute Gasteiger partial charge is 0.341 e. The predicted molar refractivity (Wildman–Crippen MR) is 93.8 cm³/mol. The lowest BCUT2D eigenvalue weighted by atomic mass is 10.0. The lowest BCUT2D eigenvalue weighted by molar-refractivity contribution is -0.132. The first-order chi connectivity index (χ1) is 12.1. The van der Waals surface area contributed by atoms with E-state index in [9.17, 15) is 4.79 Å². The van der Waals surface area contributed by atoms with Gasteiger partial charge in [0.15, 0.2) is 0 Å². The van der Waals surface area contributed by atoms with E-state index in [0.29, 0.717) is 24.9 Å². The van der Waals surface area contributed by atoms with E-state index in [1.165, 1.54) is 0 Å². The fraction of sp³-hybridized carbons (Fsp3) is 0.474. The summed E-state index contributed by atoms with van der Waals surface area (Å²) in [6, 6.07) is 9.77. The Morgan fingerprint density at radius 3 is 2.72 bits per heavy atom. The molecule has 0 aliphatic carbocycles. The number of likely N-dealkylation sites (tertiary alicyclic amines) is 1. The summed E-state index contributed by atoms with van der Waals surface area (Å²) >= 11 is 0. The molecular formula is C19H23N5O. The topological polar surface area (TPSA) is 74.8 Å². The van der Waals surface area contributed by atoms with Crippen molar-refractivity contribution in [1.82, 2.24) is 19.7 Å². The first-order valence-electron chi connectivity index (χ1n) is 8.73. The zero-order chi connectivity index (χ0) is 17.8. The Bertz CT molecular complexity index is 787. The van der Waals surface area contributed by atoms with Crippen LogP contribution in [-0.4, -0.2) is 38.7 Å². The van der Waals surface area contributed by atoms with E-state index in [0.717, 1.165) is 36.6 Å². The molecule has 6 heteroatoms. The van der Waals surface area contributed by atoms with E-state index in [1.807, 2.05) is 35.6 Å². The molecular weight excluding hydrogens is 314 g/mol. The van der Waals surface area contributed by atoms with E-state index < -0.39 is 0 Å². The molecule has 1 atom stereocenters. The first-order valence-corrected chi connectivity index (χ1v) is 8.73. The van der Waals surface area contributed by atoms with Crippen molar-refractivity contribution in [3.8, 4) is 6.07 Å². The minimum Gasteiger partial charge on any atom is -0.341 e. The Hall–Kier alpha value is -2.68. The summed E-state index contributed by atoms with van der Waals surface area (Å²) in [7, 11) is 0. The van der Waals surface area contributed by atoms with Crippen LogP contribution in [0.4, 0.5) is 0 Å². The zero-order valence-electron chi connectivity index (χ0n) is 14.8. The van der Waals surface area contributed by atoms with Crippen molar-refractivity contribution < 1.29 is 4.79 Å². The van der Waals surface area contributed by atoms with Crippen LogP contribution < -0.4 is 0 Å². The number of carbonyl (C=O) groups excluding carboxylic acids is 1. The highest BCUT2D eigenvalue weighted by molar-refractivity contribution is 5.76. The third-order valence-corrected chi connectivity index (χ3v) is 4.71. The Kier molecular flexibility index (Phi) is 5.13. The average Bonchev–Trinajstić information content (AvgIpc) is 2.98. The fourth-order valence-corrected chi connectivity index (χ4v) is 3.42. The van der Waals surface area contributed by atoms with E-state index in [1.54, 1.807) is 12.1 Å². The van der Waals surface area contributed by atoms with Crippen molar-refractivity contribution in [2.45, 2.75) is 45.6 Å². The number of benzene rings is 1. The number of aromatic nitrogens is 3.